The highest BCUT2D eigenvalue weighted by Crippen LogP contribution is 2.10. The minimum atomic E-state index is -0.272. The molecule has 0 atom stereocenters. The van der Waals surface area contributed by atoms with Gasteiger partial charge in [-0.1, -0.05) is 43.7 Å². The van der Waals surface area contributed by atoms with Crippen LogP contribution in [0.1, 0.15) is 44.2 Å². The van der Waals surface area contributed by atoms with Crippen molar-refractivity contribution in [2.45, 2.75) is 46.5 Å². The normalized spacial score (nSPS) is 10.7. The number of ether oxygens (including phenoxy) is 1. The lowest BCUT2D eigenvalue weighted by Gasteiger charge is -2.23. The quantitative estimate of drug-likeness (QED) is 0.656. The van der Waals surface area contributed by atoms with Crippen LogP contribution < -0.4 is 0 Å². The van der Waals surface area contributed by atoms with Crippen LogP contribution in [0.2, 0.25) is 0 Å². The Labute approximate surface area is 139 Å². The van der Waals surface area contributed by atoms with Crippen molar-refractivity contribution in [3.63, 3.8) is 0 Å². The molecular weight excluding hydrogens is 290 g/mol. The average Bonchev–Trinajstić information content (AvgIpc) is 2.53. The van der Waals surface area contributed by atoms with E-state index in [0.29, 0.717) is 25.4 Å². The van der Waals surface area contributed by atoms with Crippen molar-refractivity contribution in [2.75, 3.05) is 20.2 Å². The molecule has 4 nitrogen and oxygen atoms in total. The second-order valence-corrected chi connectivity index (χ2v) is 6.38. The van der Waals surface area contributed by atoms with Crippen LogP contribution in [0, 0.1) is 12.8 Å². The lowest BCUT2D eigenvalue weighted by atomic mass is 10.1. The Morgan fingerprint density at radius 1 is 1.09 bits per heavy atom. The molecule has 0 saturated heterocycles. The molecule has 0 saturated carbocycles. The van der Waals surface area contributed by atoms with Gasteiger partial charge in [-0.15, -0.1) is 0 Å². The summed E-state index contributed by atoms with van der Waals surface area (Å²) in [5.41, 5.74) is 2.39. The number of hydrogen-bond acceptors (Lipinski definition) is 3. The van der Waals surface area contributed by atoms with Crippen LogP contribution in [-0.4, -0.2) is 37.0 Å². The first kappa shape index (κ1) is 19.2. The average molecular weight is 319 g/mol. The summed E-state index contributed by atoms with van der Waals surface area (Å²) in [7, 11) is 1.38. The van der Waals surface area contributed by atoms with Crippen LogP contribution in [0.25, 0.3) is 0 Å². The van der Waals surface area contributed by atoms with E-state index < -0.39 is 0 Å². The van der Waals surface area contributed by atoms with Gasteiger partial charge in [0.1, 0.15) is 0 Å². The summed E-state index contributed by atoms with van der Waals surface area (Å²) in [6.07, 6.45) is 2.40. The van der Waals surface area contributed by atoms with E-state index in [0.717, 1.165) is 12.8 Å². The van der Waals surface area contributed by atoms with E-state index in [-0.39, 0.29) is 18.3 Å². The maximum Gasteiger partial charge on any atom is 0.307 e. The lowest BCUT2D eigenvalue weighted by Crippen LogP contribution is -2.34. The third kappa shape index (κ3) is 7.82. The molecule has 0 bridgehead atoms. The predicted molar refractivity (Wildman–Crippen MR) is 92.2 cm³/mol. The van der Waals surface area contributed by atoms with E-state index in [2.05, 4.69) is 49.8 Å². The Kier molecular flexibility index (Phi) is 8.38. The van der Waals surface area contributed by atoms with Gasteiger partial charge in [0, 0.05) is 19.5 Å². The summed E-state index contributed by atoms with van der Waals surface area (Å²) in [6, 6.07) is 8.26. The smallest absolute Gasteiger partial charge is 0.307 e. The molecule has 1 aromatic carbocycles. The Balaban J connectivity index is 2.54. The number of rotatable bonds is 9. The summed E-state index contributed by atoms with van der Waals surface area (Å²) < 4.78 is 4.67. The zero-order chi connectivity index (χ0) is 17.2. The number of amides is 1. The van der Waals surface area contributed by atoms with Crippen LogP contribution in [0.15, 0.2) is 24.3 Å². The minimum Gasteiger partial charge on any atom is -0.469 e. The topological polar surface area (TPSA) is 46.6 Å². The molecule has 0 fully saturated rings. The van der Waals surface area contributed by atoms with Crippen molar-refractivity contribution in [1.82, 2.24) is 4.90 Å². The fraction of sp³-hybridized carbons (Fsp3) is 0.579. The van der Waals surface area contributed by atoms with E-state index in [9.17, 15) is 9.59 Å². The van der Waals surface area contributed by atoms with E-state index in [1.165, 1.54) is 18.2 Å². The molecule has 4 heteroatoms. The van der Waals surface area contributed by atoms with Gasteiger partial charge in [-0.05, 0) is 31.2 Å². The molecular formula is C19H29NO3. The molecule has 1 aromatic rings. The van der Waals surface area contributed by atoms with Gasteiger partial charge in [0.2, 0.25) is 5.91 Å². The van der Waals surface area contributed by atoms with Gasteiger partial charge in [0.15, 0.2) is 0 Å². The highest BCUT2D eigenvalue weighted by atomic mass is 16.5. The second-order valence-electron chi connectivity index (χ2n) is 6.38. The van der Waals surface area contributed by atoms with E-state index >= 15 is 0 Å². The van der Waals surface area contributed by atoms with Crippen LogP contribution >= 0.6 is 0 Å². The number of aryl methyl sites for hydroxylation is 2. The van der Waals surface area contributed by atoms with Crippen molar-refractivity contribution in [1.29, 1.82) is 0 Å². The van der Waals surface area contributed by atoms with Crippen molar-refractivity contribution in [2.24, 2.45) is 5.92 Å². The number of hydrogen-bond donors (Lipinski definition) is 0. The van der Waals surface area contributed by atoms with Crippen LogP contribution in [0.5, 0.6) is 0 Å². The number of nitrogens with zero attached hydrogens (tertiary/aromatic N) is 1. The van der Waals surface area contributed by atoms with Gasteiger partial charge in [-0.2, -0.15) is 0 Å². The highest BCUT2D eigenvalue weighted by Gasteiger charge is 2.15. The zero-order valence-corrected chi connectivity index (χ0v) is 14.8. The Hall–Kier alpha value is -1.84. The minimum absolute atomic E-state index is 0.107. The van der Waals surface area contributed by atoms with Gasteiger partial charge in [-0.3, -0.25) is 9.59 Å². The van der Waals surface area contributed by atoms with Gasteiger partial charge in [-0.25, -0.2) is 0 Å². The fourth-order valence-electron chi connectivity index (χ4n) is 2.27. The number of carbonyl (C=O) groups excluding carboxylic acids is 2. The fourth-order valence-corrected chi connectivity index (χ4v) is 2.27. The summed E-state index contributed by atoms with van der Waals surface area (Å²) >= 11 is 0. The van der Waals surface area contributed by atoms with Crippen LogP contribution in [-0.2, 0) is 20.7 Å². The van der Waals surface area contributed by atoms with E-state index in [1.807, 2.05) is 0 Å². The Morgan fingerprint density at radius 3 is 2.30 bits per heavy atom. The van der Waals surface area contributed by atoms with Crippen molar-refractivity contribution in [3.05, 3.63) is 35.4 Å². The number of benzene rings is 1. The first-order valence-electron chi connectivity index (χ1n) is 8.32. The van der Waals surface area contributed by atoms with Crippen molar-refractivity contribution < 1.29 is 14.3 Å². The number of esters is 1. The van der Waals surface area contributed by atoms with Crippen molar-refractivity contribution in [3.8, 4) is 0 Å². The predicted octanol–water partition coefficient (Wildman–Crippen LogP) is 3.37. The maximum atomic E-state index is 12.5. The molecule has 0 aliphatic heterocycles. The molecule has 0 unspecified atom stereocenters. The van der Waals surface area contributed by atoms with Gasteiger partial charge in [0.25, 0.3) is 0 Å². The third-order valence-electron chi connectivity index (χ3n) is 3.89. The molecule has 0 radical (unpaired) electrons. The molecule has 1 amide bonds. The van der Waals surface area contributed by atoms with Gasteiger partial charge < -0.3 is 9.64 Å². The number of methoxy groups -OCH3 is 1. The monoisotopic (exact) mass is 319 g/mol. The first-order valence-corrected chi connectivity index (χ1v) is 8.32. The van der Waals surface area contributed by atoms with Crippen LogP contribution in [0.4, 0.5) is 0 Å². The Morgan fingerprint density at radius 2 is 1.74 bits per heavy atom. The SMILES string of the molecule is COC(=O)CCN(CCC(C)C)C(=O)CCc1ccc(C)cc1. The molecule has 0 aliphatic rings. The van der Waals surface area contributed by atoms with Crippen LogP contribution in [0.3, 0.4) is 0 Å². The standard InChI is InChI=1S/C19H29NO3/c1-15(2)11-13-20(14-12-19(22)23-4)18(21)10-9-17-7-5-16(3)6-8-17/h5-8,15H,9-14H2,1-4H3. The molecule has 0 aliphatic carbocycles. The molecule has 0 N–H and O–H groups in total. The summed E-state index contributed by atoms with van der Waals surface area (Å²) in [4.78, 5) is 25.6. The highest BCUT2D eigenvalue weighted by molar-refractivity contribution is 5.77. The zero-order valence-electron chi connectivity index (χ0n) is 14.8. The maximum absolute atomic E-state index is 12.5. The van der Waals surface area contributed by atoms with Crippen molar-refractivity contribution >= 4 is 11.9 Å². The molecule has 128 valence electrons. The van der Waals surface area contributed by atoms with E-state index in [4.69, 9.17) is 0 Å². The first-order chi connectivity index (χ1) is 10.9. The van der Waals surface area contributed by atoms with Gasteiger partial charge >= 0.3 is 5.97 Å². The Bertz CT molecular complexity index is 494. The number of carbonyl (C=O) groups is 2. The van der Waals surface area contributed by atoms with Gasteiger partial charge in [0.05, 0.1) is 13.5 Å². The summed E-state index contributed by atoms with van der Waals surface area (Å²) in [6.45, 7) is 7.45. The summed E-state index contributed by atoms with van der Waals surface area (Å²) in [5.74, 6) is 0.363. The molecule has 0 heterocycles. The molecule has 0 aromatic heterocycles. The largest absolute Gasteiger partial charge is 0.469 e. The lowest BCUT2D eigenvalue weighted by molar-refractivity contribution is -0.141. The third-order valence-corrected chi connectivity index (χ3v) is 3.89. The molecule has 1 rings (SSSR count). The molecule has 23 heavy (non-hydrogen) atoms. The van der Waals surface area contributed by atoms with E-state index in [1.54, 1.807) is 4.90 Å². The summed E-state index contributed by atoms with van der Waals surface area (Å²) in [5, 5.41) is 0. The molecule has 0 spiro atoms. The second kappa shape index (κ2) is 10.0.